The first-order valence-corrected chi connectivity index (χ1v) is 6.61. The van der Waals surface area contributed by atoms with Crippen LogP contribution in [0.1, 0.15) is 49.4 Å². The van der Waals surface area contributed by atoms with Crippen LogP contribution in [0.2, 0.25) is 0 Å². The lowest BCUT2D eigenvalue weighted by Crippen LogP contribution is -2.11. The minimum atomic E-state index is -0.478. The van der Waals surface area contributed by atoms with Crippen LogP contribution in [0.15, 0.2) is 24.3 Å². The third kappa shape index (κ3) is 5.41. The summed E-state index contributed by atoms with van der Waals surface area (Å²) < 4.78 is 18.5. The van der Waals surface area contributed by atoms with Crippen LogP contribution >= 0.6 is 0 Å². The van der Waals surface area contributed by atoms with Crippen molar-refractivity contribution in [1.82, 2.24) is 0 Å². The van der Waals surface area contributed by atoms with Gasteiger partial charge in [0.15, 0.2) is 5.78 Å². The Morgan fingerprint density at radius 1 is 1.17 bits per heavy atom. The van der Waals surface area contributed by atoms with E-state index in [0.29, 0.717) is 6.61 Å². The summed E-state index contributed by atoms with van der Waals surface area (Å²) in [7, 11) is 0. The fourth-order valence-corrected chi connectivity index (χ4v) is 1.74. The van der Waals surface area contributed by atoms with Crippen LogP contribution in [0.5, 0.6) is 0 Å². The molecule has 1 aromatic rings. The Morgan fingerprint density at radius 3 is 2.61 bits per heavy atom. The fraction of sp³-hybridized carbons (Fsp3) is 0.533. The highest BCUT2D eigenvalue weighted by atomic mass is 19.1. The van der Waals surface area contributed by atoms with Gasteiger partial charge in [-0.15, -0.1) is 0 Å². The lowest BCUT2D eigenvalue weighted by Gasteiger charge is -2.04. The van der Waals surface area contributed by atoms with E-state index in [2.05, 4.69) is 6.92 Å². The molecule has 3 heteroatoms. The van der Waals surface area contributed by atoms with Crippen molar-refractivity contribution < 1.29 is 13.9 Å². The topological polar surface area (TPSA) is 26.3 Å². The van der Waals surface area contributed by atoms with Gasteiger partial charge in [-0.2, -0.15) is 0 Å². The predicted molar refractivity (Wildman–Crippen MR) is 70.3 cm³/mol. The molecule has 1 rings (SSSR count). The third-order valence-corrected chi connectivity index (χ3v) is 2.80. The van der Waals surface area contributed by atoms with Crippen molar-refractivity contribution >= 4 is 5.78 Å². The quantitative estimate of drug-likeness (QED) is 0.490. The summed E-state index contributed by atoms with van der Waals surface area (Å²) in [6.45, 7) is 2.71. The van der Waals surface area contributed by atoms with Crippen LogP contribution in [0.4, 0.5) is 4.39 Å². The molecular formula is C15H21FO2. The Balaban J connectivity index is 2.16. The van der Waals surface area contributed by atoms with E-state index in [-0.39, 0.29) is 18.0 Å². The second-order valence-corrected chi connectivity index (χ2v) is 4.37. The summed E-state index contributed by atoms with van der Waals surface area (Å²) in [6, 6.07) is 6.00. The molecule has 0 N–H and O–H groups in total. The highest BCUT2D eigenvalue weighted by molar-refractivity contribution is 5.97. The molecule has 0 fully saturated rings. The Bertz CT molecular complexity index is 363. The molecule has 0 spiro atoms. The largest absolute Gasteiger partial charge is 0.373 e. The molecule has 0 atom stereocenters. The SMILES string of the molecule is CCCCCCCOCC(=O)c1ccccc1F. The first kappa shape index (κ1) is 14.8. The number of unbranched alkanes of at least 4 members (excludes halogenated alkanes) is 4. The van der Waals surface area contributed by atoms with E-state index < -0.39 is 5.82 Å². The number of hydrogen-bond donors (Lipinski definition) is 0. The van der Waals surface area contributed by atoms with Gasteiger partial charge in [-0.25, -0.2) is 4.39 Å². The number of Topliss-reactive ketones (excluding diaryl/α,β-unsaturated/α-hetero) is 1. The molecule has 0 bridgehead atoms. The van der Waals surface area contributed by atoms with E-state index in [1.54, 1.807) is 12.1 Å². The molecule has 18 heavy (non-hydrogen) atoms. The lowest BCUT2D eigenvalue weighted by molar-refractivity contribution is 0.0748. The van der Waals surface area contributed by atoms with Crippen LogP contribution in [0.3, 0.4) is 0 Å². The molecule has 0 aliphatic rings. The molecule has 0 saturated carbocycles. The second-order valence-electron chi connectivity index (χ2n) is 4.37. The average Bonchev–Trinajstić information content (AvgIpc) is 2.38. The van der Waals surface area contributed by atoms with Crippen molar-refractivity contribution in [2.24, 2.45) is 0 Å². The van der Waals surface area contributed by atoms with E-state index in [0.717, 1.165) is 12.8 Å². The van der Waals surface area contributed by atoms with E-state index >= 15 is 0 Å². The zero-order valence-electron chi connectivity index (χ0n) is 11.0. The summed E-state index contributed by atoms with van der Waals surface area (Å²) in [5, 5.41) is 0. The summed E-state index contributed by atoms with van der Waals surface area (Å²) >= 11 is 0. The van der Waals surface area contributed by atoms with Gasteiger partial charge < -0.3 is 4.74 Å². The van der Waals surface area contributed by atoms with Crippen LogP contribution < -0.4 is 0 Å². The molecule has 0 radical (unpaired) electrons. The van der Waals surface area contributed by atoms with Crippen LogP contribution in [0.25, 0.3) is 0 Å². The monoisotopic (exact) mass is 252 g/mol. The van der Waals surface area contributed by atoms with E-state index in [1.807, 2.05) is 0 Å². The maximum absolute atomic E-state index is 13.3. The minimum Gasteiger partial charge on any atom is -0.373 e. The molecule has 0 unspecified atom stereocenters. The van der Waals surface area contributed by atoms with Gasteiger partial charge in [-0.1, -0.05) is 44.7 Å². The molecule has 0 amide bonds. The molecule has 100 valence electrons. The smallest absolute Gasteiger partial charge is 0.191 e. The standard InChI is InChI=1S/C15H21FO2/c1-2-3-4-5-8-11-18-12-15(17)13-9-6-7-10-14(13)16/h6-7,9-10H,2-5,8,11-12H2,1H3. The number of carbonyl (C=O) groups excluding carboxylic acids is 1. The maximum atomic E-state index is 13.3. The molecule has 1 aromatic carbocycles. The number of hydrogen-bond acceptors (Lipinski definition) is 2. The van der Waals surface area contributed by atoms with Gasteiger partial charge in [0, 0.05) is 6.61 Å². The zero-order valence-corrected chi connectivity index (χ0v) is 11.0. The number of carbonyl (C=O) groups is 1. The van der Waals surface area contributed by atoms with Crippen molar-refractivity contribution in [3.63, 3.8) is 0 Å². The minimum absolute atomic E-state index is 0.0330. The lowest BCUT2D eigenvalue weighted by atomic mass is 10.1. The highest BCUT2D eigenvalue weighted by Crippen LogP contribution is 2.08. The molecule has 0 aromatic heterocycles. The molecule has 0 heterocycles. The van der Waals surface area contributed by atoms with Crippen LogP contribution in [-0.4, -0.2) is 19.0 Å². The van der Waals surface area contributed by atoms with Crippen molar-refractivity contribution in [3.8, 4) is 0 Å². The molecule has 0 saturated heterocycles. The molecule has 0 aliphatic heterocycles. The highest BCUT2D eigenvalue weighted by Gasteiger charge is 2.10. The van der Waals surface area contributed by atoms with Crippen molar-refractivity contribution in [2.45, 2.75) is 39.0 Å². The fourth-order valence-electron chi connectivity index (χ4n) is 1.74. The number of rotatable bonds is 9. The first-order chi connectivity index (χ1) is 8.75. The normalized spacial score (nSPS) is 10.6. The Morgan fingerprint density at radius 2 is 1.89 bits per heavy atom. The van der Waals surface area contributed by atoms with E-state index in [9.17, 15) is 9.18 Å². The number of benzene rings is 1. The Kier molecular flexibility index (Phi) is 7.26. The molecular weight excluding hydrogens is 231 g/mol. The van der Waals surface area contributed by atoms with Gasteiger partial charge in [0.25, 0.3) is 0 Å². The van der Waals surface area contributed by atoms with Crippen LogP contribution in [0, 0.1) is 5.82 Å². The second kappa shape index (κ2) is 8.81. The van der Waals surface area contributed by atoms with E-state index in [1.165, 1.54) is 31.4 Å². The number of ether oxygens (including phenoxy) is 1. The maximum Gasteiger partial charge on any atom is 0.191 e. The van der Waals surface area contributed by atoms with Gasteiger partial charge in [-0.05, 0) is 18.6 Å². The van der Waals surface area contributed by atoms with Crippen molar-refractivity contribution in [1.29, 1.82) is 0 Å². The average molecular weight is 252 g/mol. The third-order valence-electron chi connectivity index (χ3n) is 2.80. The van der Waals surface area contributed by atoms with Gasteiger partial charge in [0.1, 0.15) is 12.4 Å². The van der Waals surface area contributed by atoms with Gasteiger partial charge in [0.2, 0.25) is 0 Å². The summed E-state index contributed by atoms with van der Waals surface area (Å²) in [6.07, 6.45) is 5.76. The number of halogens is 1. The summed E-state index contributed by atoms with van der Waals surface area (Å²) in [5.74, 6) is -0.768. The van der Waals surface area contributed by atoms with Gasteiger partial charge >= 0.3 is 0 Å². The van der Waals surface area contributed by atoms with Crippen molar-refractivity contribution in [3.05, 3.63) is 35.6 Å². The first-order valence-electron chi connectivity index (χ1n) is 6.61. The predicted octanol–water partition coefficient (Wildman–Crippen LogP) is 4.00. The zero-order chi connectivity index (χ0) is 13.2. The van der Waals surface area contributed by atoms with E-state index in [4.69, 9.17) is 4.74 Å². The van der Waals surface area contributed by atoms with Gasteiger partial charge in [0.05, 0.1) is 5.56 Å². The van der Waals surface area contributed by atoms with Crippen LogP contribution in [-0.2, 0) is 4.74 Å². The number of ketones is 1. The van der Waals surface area contributed by atoms with Gasteiger partial charge in [-0.3, -0.25) is 4.79 Å². The van der Waals surface area contributed by atoms with Crippen molar-refractivity contribution in [2.75, 3.05) is 13.2 Å². The Labute approximate surface area is 108 Å². The molecule has 2 nitrogen and oxygen atoms in total. The summed E-state index contributed by atoms with van der Waals surface area (Å²) in [5.41, 5.74) is 0.114. The molecule has 0 aliphatic carbocycles. The Hall–Kier alpha value is -1.22. The summed E-state index contributed by atoms with van der Waals surface area (Å²) in [4.78, 5) is 11.6.